The van der Waals surface area contributed by atoms with Crippen molar-refractivity contribution in [1.82, 2.24) is 9.13 Å². The first-order valence-electron chi connectivity index (χ1n) is 6.69. The number of rotatable bonds is 3. The maximum atomic E-state index is 13.1. The normalized spacial score (nSPS) is 11.8. The lowest BCUT2D eigenvalue weighted by Gasteiger charge is -2.20. The number of benzene rings is 1. The first-order valence-corrected chi connectivity index (χ1v) is 7.07. The second kappa shape index (κ2) is 6.26. The van der Waals surface area contributed by atoms with Crippen molar-refractivity contribution in [2.24, 2.45) is 14.1 Å². The van der Waals surface area contributed by atoms with E-state index in [0.717, 1.165) is 4.57 Å². The number of nitrogens with zero attached hydrogens (tertiary/aromatic N) is 3. The molecule has 6 nitrogen and oxygen atoms in total. The highest BCUT2D eigenvalue weighted by molar-refractivity contribution is 6.31. The van der Waals surface area contributed by atoms with E-state index in [1.807, 2.05) is 0 Å². The van der Waals surface area contributed by atoms with Crippen molar-refractivity contribution < 1.29 is 4.39 Å². The molecule has 1 unspecified atom stereocenters. The molecule has 1 N–H and O–H groups in total. The molecule has 0 radical (unpaired) electrons. The molecule has 0 saturated heterocycles. The topological polar surface area (TPSA) is 79.8 Å². The Bertz CT molecular complexity index is 927. The molecule has 1 aromatic heterocycles. The van der Waals surface area contributed by atoms with Crippen LogP contribution in [0.4, 0.5) is 10.2 Å². The fourth-order valence-corrected chi connectivity index (χ4v) is 2.58. The summed E-state index contributed by atoms with van der Waals surface area (Å²) in [5.41, 5.74) is -0.853. The van der Waals surface area contributed by atoms with Crippen molar-refractivity contribution in [2.75, 3.05) is 5.32 Å². The molecule has 0 amide bonds. The number of hydrogen-bond acceptors (Lipinski definition) is 4. The van der Waals surface area contributed by atoms with Gasteiger partial charge in [-0.3, -0.25) is 13.9 Å². The van der Waals surface area contributed by atoms with Crippen LogP contribution in [0.2, 0.25) is 5.02 Å². The zero-order chi connectivity index (χ0) is 17.3. The minimum absolute atomic E-state index is 0.0912. The second-order valence-electron chi connectivity index (χ2n) is 5.07. The molecule has 8 heteroatoms. The van der Waals surface area contributed by atoms with E-state index in [9.17, 15) is 19.2 Å². The van der Waals surface area contributed by atoms with Crippen LogP contribution >= 0.6 is 11.6 Å². The predicted molar refractivity (Wildman–Crippen MR) is 85.1 cm³/mol. The molecule has 0 saturated carbocycles. The Morgan fingerprint density at radius 2 is 1.96 bits per heavy atom. The summed E-state index contributed by atoms with van der Waals surface area (Å²) < 4.78 is 15.2. The van der Waals surface area contributed by atoms with Crippen molar-refractivity contribution >= 4 is 17.4 Å². The minimum Gasteiger partial charge on any atom is -0.364 e. The first-order chi connectivity index (χ1) is 10.8. The Morgan fingerprint density at radius 3 is 2.52 bits per heavy atom. The fraction of sp³-hybridized carbons (Fsp3) is 0.267. The van der Waals surface area contributed by atoms with Gasteiger partial charge < -0.3 is 5.32 Å². The standard InChI is InChI=1S/C15H14ClFN4O2/c1-8(10-5-4-9(17)6-12(10)16)19-13-11(7-18)14(22)21(3)15(23)20(13)2/h4-6,8,19H,1-3H3. The van der Waals surface area contributed by atoms with Crippen LogP contribution < -0.4 is 16.6 Å². The molecule has 0 aliphatic rings. The van der Waals surface area contributed by atoms with E-state index in [1.165, 1.54) is 36.9 Å². The molecular weight excluding hydrogens is 323 g/mol. The summed E-state index contributed by atoms with van der Waals surface area (Å²) >= 11 is 6.01. The molecule has 120 valence electrons. The van der Waals surface area contributed by atoms with Gasteiger partial charge in [-0.05, 0) is 24.6 Å². The summed E-state index contributed by atoms with van der Waals surface area (Å²) in [5, 5.41) is 12.4. The lowest BCUT2D eigenvalue weighted by atomic mass is 10.1. The van der Waals surface area contributed by atoms with Gasteiger partial charge in [0.1, 0.15) is 17.7 Å². The van der Waals surface area contributed by atoms with E-state index in [0.29, 0.717) is 5.56 Å². The van der Waals surface area contributed by atoms with Crippen LogP contribution in [0.5, 0.6) is 0 Å². The lowest BCUT2D eigenvalue weighted by Crippen LogP contribution is -2.40. The van der Waals surface area contributed by atoms with Crippen LogP contribution in [0.1, 0.15) is 24.1 Å². The monoisotopic (exact) mass is 336 g/mol. The smallest absolute Gasteiger partial charge is 0.332 e. The summed E-state index contributed by atoms with van der Waals surface area (Å²) in [5.74, 6) is -0.377. The molecule has 1 aromatic carbocycles. The van der Waals surface area contributed by atoms with Crippen LogP contribution in [0.25, 0.3) is 0 Å². The number of nitrogens with one attached hydrogen (secondary N) is 1. The van der Waals surface area contributed by atoms with Gasteiger partial charge in [-0.15, -0.1) is 0 Å². The molecule has 0 aliphatic carbocycles. The van der Waals surface area contributed by atoms with Crippen LogP contribution in [0, 0.1) is 17.1 Å². The highest BCUT2D eigenvalue weighted by Gasteiger charge is 2.18. The van der Waals surface area contributed by atoms with Gasteiger partial charge in [-0.25, -0.2) is 9.18 Å². The Hall–Kier alpha value is -2.59. The van der Waals surface area contributed by atoms with Crippen molar-refractivity contribution in [2.45, 2.75) is 13.0 Å². The Morgan fingerprint density at radius 1 is 1.30 bits per heavy atom. The van der Waals surface area contributed by atoms with Crippen LogP contribution in [0.3, 0.4) is 0 Å². The molecule has 0 fully saturated rings. The maximum absolute atomic E-state index is 13.1. The Labute approximate surface area is 136 Å². The average Bonchev–Trinajstić information content (AvgIpc) is 2.50. The number of halogens is 2. The van der Waals surface area contributed by atoms with E-state index in [1.54, 1.807) is 13.0 Å². The first kappa shape index (κ1) is 16.8. The second-order valence-corrected chi connectivity index (χ2v) is 5.48. The van der Waals surface area contributed by atoms with E-state index >= 15 is 0 Å². The van der Waals surface area contributed by atoms with Crippen molar-refractivity contribution in [1.29, 1.82) is 5.26 Å². The van der Waals surface area contributed by atoms with Gasteiger partial charge in [-0.1, -0.05) is 17.7 Å². The van der Waals surface area contributed by atoms with Crippen molar-refractivity contribution in [3.05, 3.63) is 61.0 Å². The molecule has 0 bridgehead atoms. The SMILES string of the molecule is CC(Nc1c(C#N)c(=O)n(C)c(=O)n1C)c1ccc(F)cc1Cl. The Balaban J connectivity index is 2.54. The third-order valence-corrected chi connectivity index (χ3v) is 3.89. The highest BCUT2D eigenvalue weighted by Crippen LogP contribution is 2.26. The molecule has 2 rings (SSSR count). The van der Waals surface area contributed by atoms with Crippen molar-refractivity contribution in [3.8, 4) is 6.07 Å². The highest BCUT2D eigenvalue weighted by atomic mass is 35.5. The van der Waals surface area contributed by atoms with Gasteiger partial charge in [0, 0.05) is 19.1 Å². The number of hydrogen-bond donors (Lipinski definition) is 1. The summed E-state index contributed by atoms with van der Waals surface area (Å²) in [7, 11) is 2.75. The Kier molecular flexibility index (Phi) is 4.57. The predicted octanol–water partition coefficient (Wildman–Crippen LogP) is 1.92. The van der Waals surface area contributed by atoms with Gasteiger partial charge >= 0.3 is 5.69 Å². The van der Waals surface area contributed by atoms with Crippen LogP contribution in [-0.2, 0) is 14.1 Å². The molecular formula is C15H14ClFN4O2. The van der Waals surface area contributed by atoms with E-state index in [2.05, 4.69) is 5.32 Å². The zero-order valence-electron chi connectivity index (χ0n) is 12.7. The third kappa shape index (κ3) is 2.98. The summed E-state index contributed by atoms with van der Waals surface area (Å²) in [4.78, 5) is 24.0. The zero-order valence-corrected chi connectivity index (χ0v) is 13.5. The molecule has 1 heterocycles. The fourth-order valence-electron chi connectivity index (χ4n) is 2.25. The van der Waals surface area contributed by atoms with Crippen molar-refractivity contribution in [3.63, 3.8) is 0 Å². The number of nitriles is 1. The summed E-state index contributed by atoms with van der Waals surface area (Å²) in [6.45, 7) is 1.72. The van der Waals surface area contributed by atoms with Crippen LogP contribution in [-0.4, -0.2) is 9.13 Å². The molecule has 2 aromatic rings. The van der Waals surface area contributed by atoms with Gasteiger partial charge in [0.15, 0.2) is 5.56 Å². The number of aromatic nitrogens is 2. The number of anilines is 1. The minimum atomic E-state index is -0.685. The maximum Gasteiger partial charge on any atom is 0.332 e. The molecule has 23 heavy (non-hydrogen) atoms. The summed E-state index contributed by atoms with van der Waals surface area (Å²) in [6.07, 6.45) is 0. The average molecular weight is 337 g/mol. The van der Waals surface area contributed by atoms with E-state index in [4.69, 9.17) is 11.6 Å². The van der Waals surface area contributed by atoms with Gasteiger partial charge in [0.25, 0.3) is 5.56 Å². The van der Waals surface area contributed by atoms with Gasteiger partial charge in [-0.2, -0.15) is 5.26 Å². The summed E-state index contributed by atoms with van der Waals surface area (Å²) in [6, 6.07) is 5.28. The van der Waals surface area contributed by atoms with Gasteiger partial charge in [0.05, 0.1) is 6.04 Å². The molecule has 0 spiro atoms. The van der Waals surface area contributed by atoms with E-state index < -0.39 is 23.1 Å². The third-order valence-electron chi connectivity index (χ3n) is 3.56. The lowest BCUT2D eigenvalue weighted by molar-refractivity contribution is 0.626. The van der Waals surface area contributed by atoms with Gasteiger partial charge in [0.2, 0.25) is 0 Å². The van der Waals surface area contributed by atoms with Crippen LogP contribution in [0.15, 0.2) is 27.8 Å². The largest absolute Gasteiger partial charge is 0.364 e. The molecule has 1 atom stereocenters. The van der Waals surface area contributed by atoms with E-state index in [-0.39, 0.29) is 16.4 Å². The quantitative estimate of drug-likeness (QED) is 0.928. The molecule has 0 aliphatic heterocycles.